The Labute approximate surface area is 126 Å². The van der Waals surface area contributed by atoms with Crippen molar-refractivity contribution in [3.05, 3.63) is 11.3 Å². The van der Waals surface area contributed by atoms with Crippen LogP contribution in [0.25, 0.3) is 0 Å². The molecule has 0 bridgehead atoms. The summed E-state index contributed by atoms with van der Waals surface area (Å²) < 4.78 is 0. The number of aromatic nitrogens is 2. The zero-order chi connectivity index (χ0) is 14.1. The molecule has 0 aromatic carbocycles. The number of nitrogens with zero attached hydrogens (tertiary/aromatic N) is 4. The molecule has 2 aliphatic heterocycles. The van der Waals surface area contributed by atoms with Crippen molar-refractivity contribution in [3.63, 3.8) is 0 Å². The van der Waals surface area contributed by atoms with Gasteiger partial charge in [-0.2, -0.15) is 4.98 Å². The highest BCUT2D eigenvalue weighted by Crippen LogP contribution is 2.31. The minimum Gasteiger partial charge on any atom is -0.354 e. The number of hydrogen-bond acceptors (Lipinski definition) is 5. The molecule has 0 atom stereocenters. The van der Waals surface area contributed by atoms with Gasteiger partial charge in [-0.3, -0.25) is 0 Å². The number of rotatable bonds is 2. The Kier molecular flexibility index (Phi) is 3.67. The van der Waals surface area contributed by atoms with Gasteiger partial charge in [0.15, 0.2) is 0 Å². The van der Waals surface area contributed by atoms with E-state index in [1.165, 1.54) is 42.8 Å². The van der Waals surface area contributed by atoms with Gasteiger partial charge in [0.1, 0.15) is 5.82 Å². The van der Waals surface area contributed by atoms with Gasteiger partial charge >= 0.3 is 0 Å². The fraction of sp³-hybridized carbons (Fsp3) is 0.750. The minimum atomic E-state index is 0.990. The van der Waals surface area contributed by atoms with Crippen molar-refractivity contribution in [1.82, 2.24) is 15.3 Å². The Balaban J connectivity index is 1.68. The Bertz CT molecular complexity index is 504. The minimum absolute atomic E-state index is 0.990. The number of hydrogen-bond donors (Lipinski definition) is 1. The van der Waals surface area contributed by atoms with E-state index in [1.54, 1.807) is 0 Å². The maximum Gasteiger partial charge on any atom is 0.227 e. The van der Waals surface area contributed by atoms with Crippen molar-refractivity contribution in [2.75, 3.05) is 49.1 Å². The Morgan fingerprint density at radius 1 is 0.762 bits per heavy atom. The molecule has 5 heteroatoms. The zero-order valence-corrected chi connectivity index (χ0v) is 12.8. The van der Waals surface area contributed by atoms with E-state index in [0.29, 0.717) is 0 Å². The van der Waals surface area contributed by atoms with Crippen LogP contribution in [0.1, 0.15) is 36.9 Å². The molecule has 1 N–H and O–H groups in total. The van der Waals surface area contributed by atoms with Crippen LogP contribution in [0, 0.1) is 0 Å². The second-order valence-corrected chi connectivity index (χ2v) is 6.41. The summed E-state index contributed by atoms with van der Waals surface area (Å²) in [6.07, 6.45) is 7.46. The number of piperidine rings is 1. The lowest BCUT2D eigenvalue weighted by atomic mass is 10.1. The molecule has 1 aliphatic carbocycles. The van der Waals surface area contributed by atoms with Crippen LogP contribution in [0.4, 0.5) is 11.8 Å². The molecule has 1 aromatic rings. The number of aryl methyl sites for hydroxylation is 1. The van der Waals surface area contributed by atoms with Crippen LogP contribution in [0.2, 0.25) is 0 Å². The number of fused-ring (bicyclic) bond motifs is 1. The fourth-order valence-corrected chi connectivity index (χ4v) is 3.77. The summed E-state index contributed by atoms with van der Waals surface area (Å²) in [7, 11) is 0. The van der Waals surface area contributed by atoms with E-state index in [2.05, 4.69) is 15.1 Å². The van der Waals surface area contributed by atoms with Gasteiger partial charge in [-0.25, -0.2) is 4.98 Å². The topological polar surface area (TPSA) is 44.3 Å². The summed E-state index contributed by atoms with van der Waals surface area (Å²) in [5, 5.41) is 3.43. The first-order chi connectivity index (χ1) is 10.4. The van der Waals surface area contributed by atoms with Crippen molar-refractivity contribution < 1.29 is 0 Å². The van der Waals surface area contributed by atoms with Crippen molar-refractivity contribution in [2.45, 2.75) is 38.5 Å². The Morgan fingerprint density at radius 2 is 1.57 bits per heavy atom. The second kappa shape index (κ2) is 5.79. The smallest absolute Gasteiger partial charge is 0.227 e. The lowest BCUT2D eigenvalue weighted by molar-refractivity contribution is 0.562. The molecule has 0 radical (unpaired) electrons. The van der Waals surface area contributed by atoms with Gasteiger partial charge in [-0.15, -0.1) is 0 Å². The maximum absolute atomic E-state index is 5.00. The van der Waals surface area contributed by atoms with E-state index in [4.69, 9.17) is 9.97 Å². The Hall–Kier alpha value is -1.36. The third-order valence-corrected chi connectivity index (χ3v) is 4.95. The van der Waals surface area contributed by atoms with Crippen molar-refractivity contribution in [1.29, 1.82) is 0 Å². The molecule has 1 aromatic heterocycles. The lowest BCUT2D eigenvalue weighted by Gasteiger charge is -2.32. The summed E-state index contributed by atoms with van der Waals surface area (Å²) in [5.41, 5.74) is 2.75. The summed E-state index contributed by atoms with van der Waals surface area (Å²) in [4.78, 5) is 14.8. The molecule has 0 amide bonds. The monoisotopic (exact) mass is 287 g/mol. The maximum atomic E-state index is 5.00. The molecule has 2 fully saturated rings. The molecule has 0 saturated carbocycles. The van der Waals surface area contributed by atoms with E-state index in [-0.39, 0.29) is 0 Å². The first kappa shape index (κ1) is 13.3. The van der Waals surface area contributed by atoms with Gasteiger partial charge in [-0.05, 0) is 38.5 Å². The van der Waals surface area contributed by atoms with Crippen LogP contribution in [0.5, 0.6) is 0 Å². The number of nitrogens with one attached hydrogen (secondary N) is 1. The van der Waals surface area contributed by atoms with E-state index in [9.17, 15) is 0 Å². The summed E-state index contributed by atoms with van der Waals surface area (Å²) in [6.45, 7) is 6.53. The van der Waals surface area contributed by atoms with Crippen molar-refractivity contribution in [3.8, 4) is 0 Å². The summed E-state index contributed by atoms with van der Waals surface area (Å²) in [6, 6.07) is 0. The number of anilines is 2. The molecule has 0 spiro atoms. The lowest BCUT2D eigenvalue weighted by Crippen LogP contribution is -2.44. The SMILES string of the molecule is C1CCN(c2nc3c(c(N4CCNCC4)n2)CCC3)CC1. The van der Waals surface area contributed by atoms with Gasteiger partial charge < -0.3 is 15.1 Å². The fourth-order valence-electron chi connectivity index (χ4n) is 3.77. The quantitative estimate of drug-likeness (QED) is 0.890. The third kappa shape index (κ3) is 2.59. The first-order valence-corrected chi connectivity index (χ1v) is 8.52. The van der Waals surface area contributed by atoms with Gasteiger partial charge in [0, 0.05) is 44.8 Å². The molecule has 3 aliphatic rings. The van der Waals surface area contributed by atoms with Crippen LogP contribution in [-0.2, 0) is 12.8 Å². The third-order valence-electron chi connectivity index (χ3n) is 4.95. The average Bonchev–Trinajstić information content (AvgIpc) is 3.04. The summed E-state index contributed by atoms with van der Waals surface area (Å²) >= 11 is 0. The standard InChI is InChI=1S/C16H25N5/c1-2-9-21(10-3-1)16-18-14-6-4-5-13(14)15(19-16)20-11-7-17-8-12-20/h17H,1-12H2. The molecule has 4 rings (SSSR count). The molecule has 114 valence electrons. The highest BCUT2D eigenvalue weighted by Gasteiger charge is 2.25. The van der Waals surface area contributed by atoms with Crippen LogP contribution in [0.15, 0.2) is 0 Å². The molecule has 2 saturated heterocycles. The molecular formula is C16H25N5. The van der Waals surface area contributed by atoms with E-state index in [0.717, 1.165) is 58.1 Å². The second-order valence-electron chi connectivity index (χ2n) is 6.41. The largest absolute Gasteiger partial charge is 0.354 e. The van der Waals surface area contributed by atoms with Crippen molar-refractivity contribution >= 4 is 11.8 Å². The molecule has 21 heavy (non-hydrogen) atoms. The Morgan fingerprint density at radius 3 is 2.38 bits per heavy atom. The molecular weight excluding hydrogens is 262 g/mol. The normalized spacial score (nSPS) is 22.5. The van der Waals surface area contributed by atoms with Crippen LogP contribution < -0.4 is 15.1 Å². The van der Waals surface area contributed by atoms with E-state index in [1.807, 2.05) is 0 Å². The highest BCUT2D eigenvalue weighted by atomic mass is 15.3. The van der Waals surface area contributed by atoms with E-state index < -0.39 is 0 Å². The average molecular weight is 287 g/mol. The van der Waals surface area contributed by atoms with Crippen LogP contribution >= 0.6 is 0 Å². The predicted molar refractivity (Wildman–Crippen MR) is 85.2 cm³/mol. The van der Waals surface area contributed by atoms with Crippen LogP contribution in [0.3, 0.4) is 0 Å². The molecule has 3 heterocycles. The van der Waals surface area contributed by atoms with Crippen molar-refractivity contribution in [2.24, 2.45) is 0 Å². The summed E-state index contributed by atoms with van der Waals surface area (Å²) in [5.74, 6) is 2.23. The van der Waals surface area contributed by atoms with E-state index >= 15 is 0 Å². The molecule has 0 unspecified atom stereocenters. The van der Waals surface area contributed by atoms with Gasteiger partial charge in [0.2, 0.25) is 5.95 Å². The highest BCUT2D eigenvalue weighted by molar-refractivity contribution is 5.55. The predicted octanol–water partition coefficient (Wildman–Crippen LogP) is 1.37. The van der Waals surface area contributed by atoms with Gasteiger partial charge in [0.05, 0.1) is 5.69 Å². The van der Waals surface area contributed by atoms with Crippen LogP contribution in [-0.4, -0.2) is 49.2 Å². The first-order valence-electron chi connectivity index (χ1n) is 8.52. The number of piperazine rings is 1. The molecule has 5 nitrogen and oxygen atoms in total. The zero-order valence-electron chi connectivity index (χ0n) is 12.8. The van der Waals surface area contributed by atoms with Gasteiger partial charge in [0.25, 0.3) is 0 Å². The van der Waals surface area contributed by atoms with Gasteiger partial charge in [-0.1, -0.05) is 0 Å².